The molecule has 18 heavy (non-hydrogen) atoms. The number of hydrogen-bond donors (Lipinski definition) is 0. The summed E-state index contributed by atoms with van der Waals surface area (Å²) in [6, 6.07) is 5.90. The molecule has 1 aromatic carbocycles. The van der Waals surface area contributed by atoms with E-state index in [1.165, 1.54) is 12.1 Å². The summed E-state index contributed by atoms with van der Waals surface area (Å²) in [5.74, 6) is -1.05. The molecule has 0 unspecified atom stereocenters. The van der Waals surface area contributed by atoms with Crippen LogP contribution in [-0.4, -0.2) is 22.8 Å². The minimum absolute atomic E-state index is 0.0315. The van der Waals surface area contributed by atoms with Crippen LogP contribution in [0.4, 0.5) is 4.39 Å². The molecule has 0 saturated heterocycles. The summed E-state index contributed by atoms with van der Waals surface area (Å²) in [6.07, 6.45) is 0. The van der Waals surface area contributed by atoms with Crippen molar-refractivity contribution in [2.75, 3.05) is 6.61 Å². The predicted octanol–water partition coefficient (Wildman–Crippen LogP) is 2.65. The fourth-order valence-corrected chi connectivity index (χ4v) is 1.75. The second-order valence-electron chi connectivity index (χ2n) is 3.13. The number of esters is 1. The molecule has 5 nitrogen and oxygen atoms in total. The monoisotopic (exact) mass is 268 g/mol. The molecule has 0 amide bonds. The molecular weight excluding hydrogens is 259 g/mol. The summed E-state index contributed by atoms with van der Waals surface area (Å²) in [6.45, 7) is 1.94. The Morgan fingerprint density at radius 2 is 2.17 bits per heavy atom. The van der Waals surface area contributed by atoms with Crippen LogP contribution in [0, 0.1) is 5.82 Å². The van der Waals surface area contributed by atoms with E-state index in [1.54, 1.807) is 19.1 Å². The van der Waals surface area contributed by atoms with Crippen LogP contribution in [-0.2, 0) is 4.74 Å². The van der Waals surface area contributed by atoms with Crippen molar-refractivity contribution in [3.8, 4) is 10.9 Å². The number of carbonyl (C=O) groups excluding carboxylic acids is 1. The maximum Gasteiger partial charge on any atom is 0.369 e. The molecule has 0 radical (unpaired) electrons. The van der Waals surface area contributed by atoms with Crippen LogP contribution >= 0.6 is 11.3 Å². The molecule has 1 heterocycles. The molecule has 0 spiro atoms. The first-order chi connectivity index (χ1) is 8.70. The highest BCUT2D eigenvalue weighted by Crippen LogP contribution is 2.26. The Labute approximate surface area is 106 Å². The van der Waals surface area contributed by atoms with Gasteiger partial charge in [-0.05, 0) is 30.4 Å². The molecule has 0 aliphatic carbocycles. The summed E-state index contributed by atoms with van der Waals surface area (Å²) in [5, 5.41) is 7.40. The van der Waals surface area contributed by atoms with Crippen molar-refractivity contribution < 1.29 is 18.7 Å². The van der Waals surface area contributed by atoms with E-state index >= 15 is 0 Å². The molecule has 0 aliphatic rings. The zero-order chi connectivity index (χ0) is 13.0. The van der Waals surface area contributed by atoms with Gasteiger partial charge in [0.2, 0.25) is 5.01 Å². The SMILES string of the molecule is CCOC(=O)c1nnc(Oc2ccccc2F)s1. The van der Waals surface area contributed by atoms with Gasteiger partial charge in [0, 0.05) is 0 Å². The van der Waals surface area contributed by atoms with Crippen molar-refractivity contribution in [2.45, 2.75) is 6.92 Å². The summed E-state index contributed by atoms with van der Waals surface area (Å²) in [4.78, 5) is 11.3. The van der Waals surface area contributed by atoms with Crippen LogP contribution < -0.4 is 4.74 Å². The van der Waals surface area contributed by atoms with E-state index in [2.05, 4.69) is 10.2 Å². The average molecular weight is 268 g/mol. The topological polar surface area (TPSA) is 61.3 Å². The molecule has 0 aliphatic heterocycles. The maximum atomic E-state index is 13.3. The second kappa shape index (κ2) is 5.54. The quantitative estimate of drug-likeness (QED) is 0.798. The highest BCUT2D eigenvalue weighted by atomic mass is 32.1. The van der Waals surface area contributed by atoms with Crippen LogP contribution in [0.1, 0.15) is 16.7 Å². The first-order valence-corrected chi connectivity index (χ1v) is 5.95. The van der Waals surface area contributed by atoms with Gasteiger partial charge < -0.3 is 9.47 Å². The molecule has 1 aromatic heterocycles. The normalized spacial score (nSPS) is 10.1. The maximum absolute atomic E-state index is 13.3. The predicted molar refractivity (Wildman–Crippen MR) is 62.3 cm³/mol. The van der Waals surface area contributed by atoms with Crippen LogP contribution in [0.5, 0.6) is 10.9 Å². The van der Waals surface area contributed by atoms with Gasteiger partial charge in [-0.25, -0.2) is 9.18 Å². The minimum atomic E-state index is -0.571. The molecule has 0 atom stereocenters. The molecule has 2 rings (SSSR count). The lowest BCUT2D eigenvalue weighted by atomic mass is 10.3. The number of benzene rings is 1. The van der Waals surface area contributed by atoms with Crippen molar-refractivity contribution in [2.24, 2.45) is 0 Å². The lowest BCUT2D eigenvalue weighted by Gasteiger charge is -2.00. The van der Waals surface area contributed by atoms with Gasteiger partial charge in [0.25, 0.3) is 5.19 Å². The standard InChI is InChI=1S/C11H9FN2O3S/c1-2-16-10(15)9-13-14-11(18-9)17-8-6-4-3-5-7(8)12/h3-6H,2H2,1H3. The zero-order valence-corrected chi connectivity index (χ0v) is 10.2. The Morgan fingerprint density at radius 3 is 2.89 bits per heavy atom. The van der Waals surface area contributed by atoms with E-state index in [0.29, 0.717) is 0 Å². The zero-order valence-electron chi connectivity index (χ0n) is 9.42. The Balaban J connectivity index is 2.12. The van der Waals surface area contributed by atoms with Crippen LogP contribution in [0.25, 0.3) is 0 Å². The number of nitrogens with zero attached hydrogens (tertiary/aromatic N) is 2. The van der Waals surface area contributed by atoms with E-state index in [1.807, 2.05) is 0 Å². The van der Waals surface area contributed by atoms with Crippen molar-refractivity contribution in [3.63, 3.8) is 0 Å². The minimum Gasteiger partial charge on any atom is -0.461 e. The molecule has 0 saturated carbocycles. The number of carbonyl (C=O) groups is 1. The lowest BCUT2D eigenvalue weighted by molar-refractivity contribution is 0.0525. The van der Waals surface area contributed by atoms with Crippen molar-refractivity contribution in [1.82, 2.24) is 10.2 Å². The number of rotatable bonds is 4. The Hall–Kier alpha value is -2.02. The van der Waals surface area contributed by atoms with Gasteiger partial charge in [-0.1, -0.05) is 17.2 Å². The third-order valence-corrected chi connectivity index (χ3v) is 2.67. The number of halogens is 1. The third-order valence-electron chi connectivity index (χ3n) is 1.89. The number of para-hydroxylation sites is 1. The number of aromatic nitrogens is 2. The van der Waals surface area contributed by atoms with E-state index in [0.717, 1.165) is 11.3 Å². The fourth-order valence-electron chi connectivity index (χ4n) is 1.15. The van der Waals surface area contributed by atoms with Crippen LogP contribution in [0.15, 0.2) is 24.3 Å². The Kier molecular flexibility index (Phi) is 3.83. The van der Waals surface area contributed by atoms with Gasteiger partial charge in [0.1, 0.15) is 0 Å². The average Bonchev–Trinajstić information content (AvgIpc) is 2.81. The molecule has 2 aromatic rings. The third kappa shape index (κ3) is 2.80. The van der Waals surface area contributed by atoms with Crippen molar-refractivity contribution in [3.05, 3.63) is 35.1 Å². The molecule has 7 heteroatoms. The molecular formula is C11H9FN2O3S. The van der Waals surface area contributed by atoms with Gasteiger partial charge >= 0.3 is 5.97 Å². The lowest BCUT2D eigenvalue weighted by Crippen LogP contribution is -2.03. The van der Waals surface area contributed by atoms with Gasteiger partial charge in [-0.2, -0.15) is 0 Å². The first-order valence-electron chi connectivity index (χ1n) is 5.13. The molecule has 0 bridgehead atoms. The fraction of sp³-hybridized carbons (Fsp3) is 0.182. The largest absolute Gasteiger partial charge is 0.461 e. The van der Waals surface area contributed by atoms with Gasteiger partial charge in [-0.3, -0.25) is 0 Å². The Morgan fingerprint density at radius 1 is 1.39 bits per heavy atom. The molecule has 94 valence electrons. The number of ether oxygens (including phenoxy) is 2. The summed E-state index contributed by atoms with van der Waals surface area (Å²) >= 11 is 0.899. The Bertz CT molecular complexity index is 559. The van der Waals surface area contributed by atoms with Crippen molar-refractivity contribution in [1.29, 1.82) is 0 Å². The van der Waals surface area contributed by atoms with Gasteiger partial charge in [0.15, 0.2) is 11.6 Å². The van der Waals surface area contributed by atoms with Gasteiger partial charge in [0.05, 0.1) is 6.61 Å². The highest BCUT2D eigenvalue weighted by molar-refractivity contribution is 7.14. The summed E-state index contributed by atoms with van der Waals surface area (Å²) in [5.41, 5.74) is 0. The number of hydrogen-bond acceptors (Lipinski definition) is 6. The van der Waals surface area contributed by atoms with Crippen LogP contribution in [0.2, 0.25) is 0 Å². The smallest absolute Gasteiger partial charge is 0.369 e. The summed E-state index contributed by atoms with van der Waals surface area (Å²) in [7, 11) is 0. The van der Waals surface area contributed by atoms with Crippen molar-refractivity contribution >= 4 is 17.3 Å². The highest BCUT2D eigenvalue weighted by Gasteiger charge is 2.15. The summed E-state index contributed by atoms with van der Waals surface area (Å²) < 4.78 is 23.2. The van der Waals surface area contributed by atoms with E-state index in [9.17, 15) is 9.18 Å². The second-order valence-corrected chi connectivity index (χ2v) is 4.07. The van der Waals surface area contributed by atoms with Crippen LogP contribution in [0.3, 0.4) is 0 Å². The van der Waals surface area contributed by atoms with Gasteiger partial charge in [-0.15, -0.1) is 5.10 Å². The van der Waals surface area contributed by atoms with E-state index in [-0.39, 0.29) is 22.6 Å². The first kappa shape index (κ1) is 12.4. The molecule has 0 fully saturated rings. The van der Waals surface area contributed by atoms with E-state index in [4.69, 9.17) is 9.47 Å². The van der Waals surface area contributed by atoms with E-state index < -0.39 is 11.8 Å². The molecule has 0 N–H and O–H groups in total.